The summed E-state index contributed by atoms with van der Waals surface area (Å²) in [5, 5.41) is 0. The number of rotatable bonds is 5. The van der Waals surface area contributed by atoms with E-state index in [2.05, 4.69) is 57.0 Å². The standard InChI is InChI=1S/C14H24N2/c1-12-6-5-7-13(8-12)9-16(4)11-14(2,3)10-15/h5-8H,9-11,15H2,1-4H3. The number of hydrogen-bond donors (Lipinski definition) is 1. The molecule has 1 aromatic rings. The minimum atomic E-state index is 0.193. The zero-order valence-electron chi connectivity index (χ0n) is 11.0. The van der Waals surface area contributed by atoms with E-state index in [0.29, 0.717) is 0 Å². The maximum absolute atomic E-state index is 5.75. The molecule has 0 saturated carbocycles. The minimum Gasteiger partial charge on any atom is -0.330 e. The van der Waals surface area contributed by atoms with Crippen molar-refractivity contribution in [1.29, 1.82) is 0 Å². The summed E-state index contributed by atoms with van der Waals surface area (Å²) in [6, 6.07) is 8.67. The van der Waals surface area contributed by atoms with Crippen molar-refractivity contribution < 1.29 is 0 Å². The van der Waals surface area contributed by atoms with Crippen molar-refractivity contribution in [2.24, 2.45) is 11.1 Å². The normalized spacial score (nSPS) is 12.1. The first-order valence-electron chi connectivity index (χ1n) is 5.87. The summed E-state index contributed by atoms with van der Waals surface area (Å²) in [6.45, 7) is 9.29. The molecule has 0 aliphatic heterocycles. The van der Waals surface area contributed by atoms with E-state index in [0.717, 1.165) is 19.6 Å². The maximum Gasteiger partial charge on any atom is 0.0231 e. The molecule has 0 heterocycles. The number of benzene rings is 1. The largest absolute Gasteiger partial charge is 0.330 e. The summed E-state index contributed by atoms with van der Waals surface area (Å²) < 4.78 is 0. The zero-order valence-corrected chi connectivity index (χ0v) is 11.0. The van der Waals surface area contributed by atoms with Crippen molar-refractivity contribution >= 4 is 0 Å². The Kier molecular flexibility index (Phi) is 4.51. The second kappa shape index (κ2) is 5.46. The van der Waals surface area contributed by atoms with Gasteiger partial charge in [-0.15, -0.1) is 0 Å². The lowest BCUT2D eigenvalue weighted by molar-refractivity contribution is 0.210. The lowest BCUT2D eigenvalue weighted by Gasteiger charge is -2.29. The Morgan fingerprint density at radius 1 is 1.31 bits per heavy atom. The van der Waals surface area contributed by atoms with Crippen LogP contribution in [0.3, 0.4) is 0 Å². The Balaban J connectivity index is 2.55. The van der Waals surface area contributed by atoms with Crippen LogP contribution in [0.2, 0.25) is 0 Å². The third-order valence-corrected chi connectivity index (χ3v) is 2.79. The van der Waals surface area contributed by atoms with E-state index in [4.69, 9.17) is 5.73 Å². The van der Waals surface area contributed by atoms with Crippen LogP contribution in [0.25, 0.3) is 0 Å². The van der Waals surface area contributed by atoms with E-state index in [-0.39, 0.29) is 5.41 Å². The first-order valence-corrected chi connectivity index (χ1v) is 5.87. The Hall–Kier alpha value is -0.860. The average molecular weight is 220 g/mol. The molecule has 0 fully saturated rings. The van der Waals surface area contributed by atoms with Gasteiger partial charge in [0.05, 0.1) is 0 Å². The number of aryl methyl sites for hydroxylation is 1. The molecule has 2 N–H and O–H groups in total. The highest BCUT2D eigenvalue weighted by molar-refractivity contribution is 5.22. The van der Waals surface area contributed by atoms with Crippen LogP contribution in [0.4, 0.5) is 0 Å². The van der Waals surface area contributed by atoms with Crippen LogP contribution < -0.4 is 5.73 Å². The van der Waals surface area contributed by atoms with Gasteiger partial charge in [-0.25, -0.2) is 0 Å². The molecule has 2 heteroatoms. The summed E-state index contributed by atoms with van der Waals surface area (Å²) in [6.07, 6.45) is 0. The molecule has 0 aliphatic carbocycles. The quantitative estimate of drug-likeness (QED) is 0.825. The molecule has 0 saturated heterocycles. The van der Waals surface area contributed by atoms with Gasteiger partial charge in [-0.2, -0.15) is 0 Å². The van der Waals surface area contributed by atoms with Crippen molar-refractivity contribution in [2.75, 3.05) is 20.1 Å². The van der Waals surface area contributed by atoms with Crippen LogP contribution in [0, 0.1) is 12.3 Å². The van der Waals surface area contributed by atoms with Gasteiger partial charge in [0, 0.05) is 13.1 Å². The molecule has 0 unspecified atom stereocenters. The van der Waals surface area contributed by atoms with Crippen molar-refractivity contribution in [2.45, 2.75) is 27.3 Å². The fourth-order valence-electron chi connectivity index (χ4n) is 1.97. The highest BCUT2D eigenvalue weighted by Crippen LogP contribution is 2.15. The summed E-state index contributed by atoms with van der Waals surface area (Å²) in [5.74, 6) is 0. The monoisotopic (exact) mass is 220 g/mol. The first-order chi connectivity index (χ1) is 7.43. The van der Waals surface area contributed by atoms with Gasteiger partial charge in [-0.1, -0.05) is 43.7 Å². The topological polar surface area (TPSA) is 29.3 Å². The van der Waals surface area contributed by atoms with Crippen molar-refractivity contribution in [3.8, 4) is 0 Å². The Bertz CT molecular complexity index is 331. The van der Waals surface area contributed by atoms with Crippen LogP contribution in [-0.4, -0.2) is 25.0 Å². The molecule has 0 radical (unpaired) electrons. The molecule has 0 aliphatic rings. The van der Waals surface area contributed by atoms with Gasteiger partial charge in [0.15, 0.2) is 0 Å². The van der Waals surface area contributed by atoms with Gasteiger partial charge < -0.3 is 10.6 Å². The van der Waals surface area contributed by atoms with Crippen LogP contribution in [-0.2, 0) is 6.54 Å². The third kappa shape index (κ3) is 4.33. The van der Waals surface area contributed by atoms with Crippen LogP contribution in [0.5, 0.6) is 0 Å². The number of nitrogens with two attached hydrogens (primary N) is 1. The van der Waals surface area contributed by atoms with Crippen LogP contribution in [0.15, 0.2) is 24.3 Å². The third-order valence-electron chi connectivity index (χ3n) is 2.79. The van der Waals surface area contributed by atoms with Gasteiger partial charge in [0.1, 0.15) is 0 Å². The SMILES string of the molecule is Cc1cccc(CN(C)CC(C)(C)CN)c1. The lowest BCUT2D eigenvalue weighted by atomic mass is 9.93. The van der Waals surface area contributed by atoms with E-state index < -0.39 is 0 Å². The Morgan fingerprint density at radius 3 is 2.56 bits per heavy atom. The number of nitrogens with zero attached hydrogens (tertiary/aromatic N) is 1. The molecule has 1 aromatic carbocycles. The minimum absolute atomic E-state index is 0.193. The zero-order chi connectivity index (χ0) is 12.2. The molecular weight excluding hydrogens is 196 g/mol. The van der Waals surface area contributed by atoms with Gasteiger partial charge in [0.2, 0.25) is 0 Å². The predicted octanol–water partition coefficient (Wildman–Crippen LogP) is 2.41. The van der Waals surface area contributed by atoms with Crippen molar-refractivity contribution in [3.63, 3.8) is 0 Å². The second-order valence-electron chi connectivity index (χ2n) is 5.53. The Labute approximate surface area is 99.5 Å². The smallest absolute Gasteiger partial charge is 0.0231 e. The van der Waals surface area contributed by atoms with E-state index in [1.54, 1.807) is 0 Å². The van der Waals surface area contributed by atoms with Gasteiger partial charge >= 0.3 is 0 Å². The summed E-state index contributed by atoms with van der Waals surface area (Å²) in [5.41, 5.74) is 8.63. The maximum atomic E-state index is 5.75. The summed E-state index contributed by atoms with van der Waals surface area (Å²) >= 11 is 0. The Morgan fingerprint density at radius 2 is 2.00 bits per heavy atom. The predicted molar refractivity (Wildman–Crippen MR) is 70.3 cm³/mol. The number of hydrogen-bond acceptors (Lipinski definition) is 2. The molecule has 0 bridgehead atoms. The molecule has 0 amide bonds. The molecule has 90 valence electrons. The lowest BCUT2D eigenvalue weighted by Crippen LogP contribution is -2.36. The van der Waals surface area contributed by atoms with E-state index in [9.17, 15) is 0 Å². The van der Waals surface area contributed by atoms with E-state index in [1.807, 2.05) is 0 Å². The molecule has 1 rings (SSSR count). The molecule has 2 nitrogen and oxygen atoms in total. The average Bonchev–Trinajstić information content (AvgIpc) is 2.16. The molecule has 0 aromatic heterocycles. The fraction of sp³-hybridized carbons (Fsp3) is 0.571. The summed E-state index contributed by atoms with van der Waals surface area (Å²) in [7, 11) is 2.15. The van der Waals surface area contributed by atoms with E-state index >= 15 is 0 Å². The van der Waals surface area contributed by atoms with Gasteiger partial charge in [-0.3, -0.25) is 0 Å². The molecule has 0 spiro atoms. The molecule has 0 atom stereocenters. The molecular formula is C14H24N2. The van der Waals surface area contributed by atoms with Gasteiger partial charge in [0.25, 0.3) is 0 Å². The molecule has 16 heavy (non-hydrogen) atoms. The van der Waals surface area contributed by atoms with Crippen LogP contribution in [0.1, 0.15) is 25.0 Å². The van der Waals surface area contributed by atoms with Crippen molar-refractivity contribution in [3.05, 3.63) is 35.4 Å². The van der Waals surface area contributed by atoms with Gasteiger partial charge in [-0.05, 0) is 31.5 Å². The highest BCUT2D eigenvalue weighted by atomic mass is 15.1. The van der Waals surface area contributed by atoms with E-state index in [1.165, 1.54) is 11.1 Å². The fourth-order valence-corrected chi connectivity index (χ4v) is 1.97. The second-order valence-corrected chi connectivity index (χ2v) is 5.53. The summed E-state index contributed by atoms with van der Waals surface area (Å²) in [4.78, 5) is 2.33. The first kappa shape index (κ1) is 13.2. The van der Waals surface area contributed by atoms with Crippen molar-refractivity contribution in [1.82, 2.24) is 4.90 Å². The van der Waals surface area contributed by atoms with Crippen LogP contribution >= 0.6 is 0 Å². The highest BCUT2D eigenvalue weighted by Gasteiger charge is 2.17.